The van der Waals surface area contributed by atoms with Crippen molar-refractivity contribution in [1.29, 1.82) is 0 Å². The molecule has 1 rings (SSSR count). The van der Waals surface area contributed by atoms with Crippen LogP contribution in [-0.2, 0) is 4.79 Å². The topological polar surface area (TPSA) is 26.3 Å². The quantitative estimate of drug-likeness (QED) is 0.773. The van der Waals surface area contributed by atoms with Crippen LogP contribution in [0.4, 0.5) is 0 Å². The normalized spacial score (nSPS) is 12.3. The van der Waals surface area contributed by atoms with Gasteiger partial charge in [0.15, 0.2) is 6.10 Å². The highest BCUT2D eigenvalue weighted by atomic mass is 35.5. The SMILES string of the molecule is CCC(Oc1cc(Cl)ccc1Cl)C(=O)Cl. The Bertz CT molecular complexity index is 366. The zero-order valence-corrected chi connectivity index (χ0v) is 10.2. The van der Waals surface area contributed by atoms with Crippen LogP contribution in [0.5, 0.6) is 5.75 Å². The molecule has 0 aromatic heterocycles. The van der Waals surface area contributed by atoms with Crippen LogP contribution in [0.2, 0.25) is 10.0 Å². The first kappa shape index (κ1) is 12.6. The lowest BCUT2D eigenvalue weighted by Gasteiger charge is -2.14. The summed E-state index contributed by atoms with van der Waals surface area (Å²) in [7, 11) is 0. The molecule has 0 fully saturated rings. The Labute approximate surface area is 103 Å². The largest absolute Gasteiger partial charge is 0.480 e. The molecule has 1 atom stereocenters. The Kier molecular flexibility index (Phi) is 4.71. The summed E-state index contributed by atoms with van der Waals surface area (Å²) < 4.78 is 5.34. The minimum atomic E-state index is -0.692. The van der Waals surface area contributed by atoms with E-state index in [0.29, 0.717) is 22.2 Å². The molecule has 0 saturated carbocycles. The molecule has 82 valence electrons. The first-order valence-electron chi connectivity index (χ1n) is 4.35. The standard InChI is InChI=1S/C10H9Cl3O2/c1-2-8(10(13)14)15-9-5-6(11)3-4-7(9)12/h3-5,8H,2H2,1H3. The van der Waals surface area contributed by atoms with Gasteiger partial charge in [0.05, 0.1) is 5.02 Å². The minimum absolute atomic E-state index is 0.366. The van der Waals surface area contributed by atoms with Crippen LogP contribution in [0.15, 0.2) is 18.2 Å². The van der Waals surface area contributed by atoms with Gasteiger partial charge in [-0.15, -0.1) is 0 Å². The van der Waals surface area contributed by atoms with E-state index in [0.717, 1.165) is 0 Å². The molecule has 0 N–H and O–H groups in total. The minimum Gasteiger partial charge on any atom is -0.480 e. The van der Waals surface area contributed by atoms with Crippen LogP contribution in [0.25, 0.3) is 0 Å². The van der Waals surface area contributed by atoms with E-state index < -0.39 is 11.3 Å². The third-order valence-corrected chi connectivity index (χ3v) is 2.58. The number of rotatable bonds is 4. The van der Waals surface area contributed by atoms with Crippen molar-refractivity contribution >= 4 is 40.0 Å². The fourth-order valence-corrected chi connectivity index (χ4v) is 1.53. The number of benzene rings is 1. The van der Waals surface area contributed by atoms with Crippen molar-refractivity contribution in [3.8, 4) is 5.75 Å². The van der Waals surface area contributed by atoms with Crippen LogP contribution in [0.3, 0.4) is 0 Å². The summed E-state index contributed by atoms with van der Waals surface area (Å²) in [5.41, 5.74) is 0. The van der Waals surface area contributed by atoms with Crippen molar-refractivity contribution in [1.82, 2.24) is 0 Å². The first-order chi connectivity index (χ1) is 7.04. The predicted molar refractivity (Wildman–Crippen MR) is 62.0 cm³/mol. The third-order valence-electron chi connectivity index (χ3n) is 1.79. The maximum Gasteiger partial charge on any atom is 0.262 e. The Hall–Kier alpha value is -0.440. The van der Waals surface area contributed by atoms with Crippen molar-refractivity contribution in [2.24, 2.45) is 0 Å². The molecule has 5 heteroatoms. The molecule has 0 heterocycles. The molecule has 0 aliphatic carbocycles. The average Bonchev–Trinajstić information content (AvgIpc) is 2.18. The van der Waals surface area contributed by atoms with Crippen molar-refractivity contribution in [3.05, 3.63) is 28.2 Å². The zero-order valence-electron chi connectivity index (χ0n) is 7.97. The Morgan fingerprint density at radius 3 is 2.67 bits per heavy atom. The summed E-state index contributed by atoms with van der Waals surface area (Å²) in [6.07, 6.45) is -0.215. The Balaban J connectivity index is 2.87. The van der Waals surface area contributed by atoms with E-state index in [4.69, 9.17) is 39.5 Å². The Morgan fingerprint density at radius 1 is 1.47 bits per heavy atom. The van der Waals surface area contributed by atoms with Crippen molar-refractivity contribution < 1.29 is 9.53 Å². The van der Waals surface area contributed by atoms with Gasteiger partial charge in [0.25, 0.3) is 5.24 Å². The van der Waals surface area contributed by atoms with E-state index in [1.165, 1.54) is 0 Å². The second kappa shape index (κ2) is 5.59. The van der Waals surface area contributed by atoms with Crippen molar-refractivity contribution in [2.75, 3.05) is 0 Å². The average molecular weight is 268 g/mol. The van der Waals surface area contributed by atoms with Crippen LogP contribution in [0.1, 0.15) is 13.3 Å². The van der Waals surface area contributed by atoms with Crippen molar-refractivity contribution in [3.63, 3.8) is 0 Å². The molecule has 15 heavy (non-hydrogen) atoms. The predicted octanol–water partition coefficient (Wildman–Crippen LogP) is 3.92. The molecule has 2 nitrogen and oxygen atoms in total. The molecule has 0 bridgehead atoms. The third kappa shape index (κ3) is 3.56. The molecule has 1 aromatic carbocycles. The number of hydrogen-bond acceptors (Lipinski definition) is 2. The number of hydrogen-bond donors (Lipinski definition) is 0. The summed E-state index contributed by atoms with van der Waals surface area (Å²) in [5, 5.41) is 0.343. The van der Waals surface area contributed by atoms with E-state index >= 15 is 0 Å². The number of halogens is 3. The highest BCUT2D eigenvalue weighted by Gasteiger charge is 2.17. The highest BCUT2D eigenvalue weighted by Crippen LogP contribution is 2.29. The fourth-order valence-electron chi connectivity index (χ4n) is 1.01. The molecule has 0 radical (unpaired) electrons. The second-order valence-corrected chi connectivity index (χ2v) is 4.11. The monoisotopic (exact) mass is 266 g/mol. The molecule has 0 spiro atoms. The second-order valence-electron chi connectivity index (χ2n) is 2.89. The van der Waals surface area contributed by atoms with Gasteiger partial charge in [-0.25, -0.2) is 0 Å². The molecule has 0 amide bonds. The smallest absolute Gasteiger partial charge is 0.262 e. The van der Waals surface area contributed by atoms with Crippen LogP contribution < -0.4 is 4.74 Å². The molecule has 0 aliphatic heterocycles. The molecule has 1 aromatic rings. The summed E-state index contributed by atoms with van der Waals surface area (Å²) in [4.78, 5) is 10.9. The van der Waals surface area contributed by atoms with Gasteiger partial charge >= 0.3 is 0 Å². The number of carbonyl (C=O) groups is 1. The molecular weight excluding hydrogens is 258 g/mol. The van der Waals surface area contributed by atoms with Crippen LogP contribution in [0, 0.1) is 0 Å². The van der Waals surface area contributed by atoms with E-state index in [9.17, 15) is 4.79 Å². The van der Waals surface area contributed by atoms with E-state index in [-0.39, 0.29) is 0 Å². The fraction of sp³-hybridized carbons (Fsp3) is 0.300. The van der Waals surface area contributed by atoms with E-state index in [1.54, 1.807) is 25.1 Å². The summed E-state index contributed by atoms with van der Waals surface area (Å²) in [6, 6.07) is 4.79. The maximum absolute atomic E-state index is 10.9. The van der Waals surface area contributed by atoms with Crippen LogP contribution >= 0.6 is 34.8 Å². The Morgan fingerprint density at radius 2 is 2.13 bits per heavy atom. The van der Waals surface area contributed by atoms with E-state index in [1.807, 2.05) is 0 Å². The van der Waals surface area contributed by atoms with Gasteiger partial charge in [-0.1, -0.05) is 30.1 Å². The molecular formula is C10H9Cl3O2. The lowest BCUT2D eigenvalue weighted by atomic mass is 10.3. The van der Waals surface area contributed by atoms with Gasteiger partial charge in [0.1, 0.15) is 5.75 Å². The molecule has 0 saturated heterocycles. The summed E-state index contributed by atoms with van der Waals surface area (Å²) in [5.74, 6) is 0.366. The van der Waals surface area contributed by atoms with Gasteiger partial charge < -0.3 is 4.74 Å². The molecule has 1 unspecified atom stereocenters. The lowest BCUT2D eigenvalue weighted by molar-refractivity contribution is -0.117. The van der Waals surface area contributed by atoms with Crippen molar-refractivity contribution in [2.45, 2.75) is 19.4 Å². The summed E-state index contributed by atoms with van der Waals surface area (Å²) >= 11 is 17.0. The van der Waals surface area contributed by atoms with Crippen LogP contribution in [-0.4, -0.2) is 11.3 Å². The van der Waals surface area contributed by atoms with Gasteiger partial charge in [0.2, 0.25) is 0 Å². The number of ether oxygens (including phenoxy) is 1. The first-order valence-corrected chi connectivity index (χ1v) is 5.49. The van der Waals surface area contributed by atoms with Gasteiger partial charge in [0, 0.05) is 11.1 Å². The molecule has 0 aliphatic rings. The highest BCUT2D eigenvalue weighted by molar-refractivity contribution is 6.64. The van der Waals surface area contributed by atoms with E-state index in [2.05, 4.69) is 0 Å². The van der Waals surface area contributed by atoms with Gasteiger partial charge in [-0.2, -0.15) is 0 Å². The number of carbonyl (C=O) groups excluding carboxylic acids is 1. The maximum atomic E-state index is 10.9. The lowest BCUT2D eigenvalue weighted by Crippen LogP contribution is -2.22. The zero-order chi connectivity index (χ0) is 11.4. The van der Waals surface area contributed by atoms with Gasteiger partial charge in [-0.3, -0.25) is 4.79 Å². The van der Waals surface area contributed by atoms with Gasteiger partial charge in [-0.05, 0) is 30.2 Å². The summed E-state index contributed by atoms with van der Waals surface area (Å²) in [6.45, 7) is 1.80.